The number of hydrogen-bond acceptors (Lipinski definition) is 7. The summed E-state index contributed by atoms with van der Waals surface area (Å²) in [5, 5.41) is 26.2. The molecule has 1 amide bonds. The molecule has 2 aromatic carbocycles. The first kappa shape index (κ1) is 21.0. The van der Waals surface area contributed by atoms with Crippen LogP contribution in [0.1, 0.15) is 22.8 Å². The molecule has 0 aliphatic carbocycles. The standard InChI is InChI=1S/C19H23N3O6/c1-12(23)10-20-18-5-4-14(22(25)26)8-17(18)19(24)21-11-13-6-15(27-2)9-16(7-13)28-3/h4-9,12,20,23H,10-11H2,1-3H3,(H,21,24). The molecule has 2 aromatic rings. The van der Waals surface area contributed by atoms with E-state index < -0.39 is 16.9 Å². The van der Waals surface area contributed by atoms with Gasteiger partial charge in [-0.05, 0) is 30.7 Å². The number of carbonyl (C=O) groups excluding carboxylic acids is 1. The lowest BCUT2D eigenvalue weighted by Gasteiger charge is -2.14. The number of carbonyl (C=O) groups is 1. The Labute approximate surface area is 162 Å². The minimum Gasteiger partial charge on any atom is -0.497 e. The third-order valence-electron chi connectivity index (χ3n) is 3.91. The molecule has 28 heavy (non-hydrogen) atoms. The Morgan fingerprint density at radius 1 is 1.18 bits per heavy atom. The van der Waals surface area contributed by atoms with Gasteiger partial charge in [0.2, 0.25) is 0 Å². The fourth-order valence-electron chi connectivity index (χ4n) is 2.49. The highest BCUT2D eigenvalue weighted by molar-refractivity contribution is 6.00. The quantitative estimate of drug-likeness (QED) is 0.444. The van der Waals surface area contributed by atoms with Crippen LogP contribution in [0.3, 0.4) is 0 Å². The molecule has 0 aliphatic rings. The largest absolute Gasteiger partial charge is 0.497 e. The molecular formula is C19H23N3O6. The molecule has 0 radical (unpaired) electrons. The molecule has 0 heterocycles. The maximum atomic E-state index is 12.7. The molecule has 1 unspecified atom stereocenters. The Kier molecular flexibility index (Phi) is 7.16. The van der Waals surface area contributed by atoms with Gasteiger partial charge in [0.25, 0.3) is 11.6 Å². The van der Waals surface area contributed by atoms with Crippen LogP contribution in [0.25, 0.3) is 0 Å². The summed E-state index contributed by atoms with van der Waals surface area (Å²) in [6.07, 6.45) is -0.643. The monoisotopic (exact) mass is 389 g/mol. The van der Waals surface area contributed by atoms with E-state index in [2.05, 4.69) is 10.6 Å². The van der Waals surface area contributed by atoms with E-state index in [1.165, 1.54) is 32.4 Å². The highest BCUT2D eigenvalue weighted by Crippen LogP contribution is 2.24. The number of nitro groups is 1. The summed E-state index contributed by atoms with van der Waals surface area (Å²) in [6.45, 7) is 1.96. The summed E-state index contributed by atoms with van der Waals surface area (Å²) < 4.78 is 10.4. The van der Waals surface area contributed by atoms with Crippen molar-refractivity contribution in [2.45, 2.75) is 19.6 Å². The van der Waals surface area contributed by atoms with Crippen molar-refractivity contribution in [1.82, 2.24) is 5.32 Å². The SMILES string of the molecule is COc1cc(CNC(=O)c2cc([N+](=O)[O-])ccc2NCC(C)O)cc(OC)c1. The Morgan fingerprint density at radius 2 is 1.82 bits per heavy atom. The Balaban J connectivity index is 2.22. The third kappa shape index (κ3) is 5.58. The first-order valence-corrected chi connectivity index (χ1v) is 8.54. The van der Waals surface area contributed by atoms with Gasteiger partial charge in [0, 0.05) is 37.0 Å². The summed E-state index contributed by atoms with van der Waals surface area (Å²) in [7, 11) is 3.06. The van der Waals surface area contributed by atoms with Crippen LogP contribution in [0, 0.1) is 10.1 Å². The minimum absolute atomic E-state index is 0.115. The molecule has 0 fully saturated rings. The lowest BCUT2D eigenvalue weighted by molar-refractivity contribution is -0.384. The molecule has 1 atom stereocenters. The van der Waals surface area contributed by atoms with Crippen LogP contribution in [-0.4, -0.2) is 42.8 Å². The second kappa shape index (κ2) is 9.56. The Morgan fingerprint density at radius 3 is 2.36 bits per heavy atom. The van der Waals surface area contributed by atoms with Crippen molar-refractivity contribution >= 4 is 17.3 Å². The molecule has 3 N–H and O–H groups in total. The average Bonchev–Trinajstić information content (AvgIpc) is 2.69. The van der Waals surface area contributed by atoms with Crippen LogP contribution < -0.4 is 20.1 Å². The molecule has 9 nitrogen and oxygen atoms in total. The molecule has 0 aliphatic heterocycles. The Hall–Kier alpha value is -3.33. The van der Waals surface area contributed by atoms with Gasteiger partial charge >= 0.3 is 0 Å². The first-order chi connectivity index (χ1) is 13.3. The summed E-state index contributed by atoms with van der Waals surface area (Å²) in [4.78, 5) is 23.2. The molecular weight excluding hydrogens is 366 g/mol. The van der Waals surface area contributed by atoms with Crippen molar-refractivity contribution in [2.24, 2.45) is 0 Å². The number of benzene rings is 2. The second-order valence-corrected chi connectivity index (χ2v) is 6.12. The number of non-ortho nitro benzene ring substituents is 1. The third-order valence-corrected chi connectivity index (χ3v) is 3.91. The van der Waals surface area contributed by atoms with Gasteiger partial charge in [-0.25, -0.2) is 0 Å². The van der Waals surface area contributed by atoms with Crippen LogP contribution in [0.15, 0.2) is 36.4 Å². The number of methoxy groups -OCH3 is 2. The van der Waals surface area contributed by atoms with Gasteiger partial charge in [-0.2, -0.15) is 0 Å². The van der Waals surface area contributed by atoms with Gasteiger partial charge in [-0.15, -0.1) is 0 Å². The normalized spacial score (nSPS) is 11.4. The maximum Gasteiger partial charge on any atom is 0.270 e. The van der Waals surface area contributed by atoms with Crippen molar-refractivity contribution in [2.75, 3.05) is 26.1 Å². The van der Waals surface area contributed by atoms with Crippen LogP contribution in [-0.2, 0) is 6.54 Å². The summed E-state index contributed by atoms with van der Waals surface area (Å²) in [6, 6.07) is 9.17. The van der Waals surface area contributed by atoms with Crippen LogP contribution in [0.4, 0.5) is 11.4 Å². The number of rotatable bonds is 9. The van der Waals surface area contributed by atoms with Crippen LogP contribution in [0.2, 0.25) is 0 Å². The summed E-state index contributed by atoms with van der Waals surface area (Å²) >= 11 is 0. The zero-order valence-electron chi connectivity index (χ0n) is 15.9. The number of nitrogens with zero attached hydrogens (tertiary/aromatic N) is 1. The fraction of sp³-hybridized carbons (Fsp3) is 0.316. The highest BCUT2D eigenvalue weighted by Gasteiger charge is 2.17. The zero-order valence-corrected chi connectivity index (χ0v) is 15.9. The van der Waals surface area contributed by atoms with E-state index in [1.807, 2.05) is 0 Å². The van der Waals surface area contributed by atoms with Gasteiger partial charge in [0.1, 0.15) is 11.5 Å². The number of ether oxygens (including phenoxy) is 2. The summed E-state index contributed by atoms with van der Waals surface area (Å²) in [5.74, 6) is 0.676. The van der Waals surface area contributed by atoms with Crippen LogP contribution in [0.5, 0.6) is 11.5 Å². The van der Waals surface area contributed by atoms with Gasteiger partial charge in [0.05, 0.1) is 30.8 Å². The van der Waals surface area contributed by atoms with E-state index in [4.69, 9.17) is 9.47 Å². The molecule has 2 rings (SSSR count). The van der Waals surface area contributed by atoms with E-state index in [0.29, 0.717) is 17.2 Å². The zero-order chi connectivity index (χ0) is 20.7. The lowest BCUT2D eigenvalue weighted by Crippen LogP contribution is -2.25. The van der Waals surface area contributed by atoms with Crippen molar-refractivity contribution in [1.29, 1.82) is 0 Å². The summed E-state index contributed by atoms with van der Waals surface area (Å²) in [5.41, 5.74) is 1.06. The van der Waals surface area contributed by atoms with E-state index in [-0.39, 0.29) is 24.3 Å². The van der Waals surface area contributed by atoms with Gasteiger partial charge in [-0.1, -0.05) is 0 Å². The molecule has 0 aromatic heterocycles. The highest BCUT2D eigenvalue weighted by atomic mass is 16.6. The van der Waals surface area contributed by atoms with Crippen LogP contribution >= 0.6 is 0 Å². The number of hydrogen-bond donors (Lipinski definition) is 3. The fourth-order valence-corrected chi connectivity index (χ4v) is 2.49. The van der Waals surface area contributed by atoms with E-state index >= 15 is 0 Å². The predicted molar refractivity (Wildman–Crippen MR) is 104 cm³/mol. The second-order valence-electron chi connectivity index (χ2n) is 6.12. The number of nitrogens with one attached hydrogen (secondary N) is 2. The number of aliphatic hydroxyl groups is 1. The Bertz CT molecular complexity index is 831. The van der Waals surface area contributed by atoms with Gasteiger partial charge in [0.15, 0.2) is 0 Å². The van der Waals surface area contributed by atoms with Gasteiger partial charge < -0.3 is 25.2 Å². The molecule has 0 bridgehead atoms. The van der Waals surface area contributed by atoms with Crippen molar-refractivity contribution < 1.29 is 24.3 Å². The molecule has 9 heteroatoms. The van der Waals surface area contributed by atoms with Gasteiger partial charge in [-0.3, -0.25) is 14.9 Å². The van der Waals surface area contributed by atoms with Crippen molar-refractivity contribution in [3.8, 4) is 11.5 Å². The van der Waals surface area contributed by atoms with E-state index in [9.17, 15) is 20.0 Å². The topological polar surface area (TPSA) is 123 Å². The maximum absolute atomic E-state index is 12.7. The first-order valence-electron chi connectivity index (χ1n) is 8.54. The number of amides is 1. The molecule has 0 saturated carbocycles. The molecule has 0 saturated heterocycles. The minimum atomic E-state index is -0.643. The number of nitro benzene ring substituents is 1. The lowest BCUT2D eigenvalue weighted by atomic mass is 10.1. The van der Waals surface area contributed by atoms with Crippen molar-refractivity contribution in [3.63, 3.8) is 0 Å². The smallest absolute Gasteiger partial charge is 0.270 e. The number of anilines is 1. The average molecular weight is 389 g/mol. The predicted octanol–water partition coefficient (Wildman–Crippen LogP) is 2.33. The number of aliphatic hydroxyl groups excluding tert-OH is 1. The van der Waals surface area contributed by atoms with E-state index in [0.717, 1.165) is 5.56 Å². The van der Waals surface area contributed by atoms with Crippen molar-refractivity contribution in [3.05, 3.63) is 57.6 Å². The molecule has 0 spiro atoms. The van der Waals surface area contributed by atoms with E-state index in [1.54, 1.807) is 25.1 Å². The molecule has 150 valence electrons.